The maximum Gasteiger partial charge on any atom is 0.258 e. The van der Waals surface area contributed by atoms with Crippen molar-refractivity contribution in [3.05, 3.63) is 88.8 Å². The molecule has 1 aromatic heterocycles. The van der Waals surface area contributed by atoms with Crippen LogP contribution in [0, 0.1) is 0 Å². The number of hydrogen-bond donors (Lipinski definition) is 0. The maximum atomic E-state index is 12.5. The molecule has 5 heteroatoms. The Labute approximate surface area is 158 Å². The minimum Gasteiger partial charge on any atom is -0.489 e. The second-order valence-corrected chi connectivity index (χ2v) is 6.46. The van der Waals surface area contributed by atoms with Gasteiger partial charge in [-0.05, 0) is 35.9 Å². The van der Waals surface area contributed by atoms with E-state index in [4.69, 9.17) is 9.47 Å². The van der Waals surface area contributed by atoms with Crippen molar-refractivity contribution >= 4 is 5.69 Å². The predicted molar refractivity (Wildman–Crippen MR) is 106 cm³/mol. The van der Waals surface area contributed by atoms with E-state index >= 15 is 0 Å². The van der Waals surface area contributed by atoms with E-state index in [1.165, 1.54) is 6.07 Å². The molecule has 27 heavy (non-hydrogen) atoms. The van der Waals surface area contributed by atoms with E-state index in [2.05, 4.69) is 4.90 Å². The number of morpholine rings is 1. The molecule has 0 unspecified atom stereocenters. The topological polar surface area (TPSA) is 43.7 Å². The number of rotatable bonds is 5. The first kappa shape index (κ1) is 17.4. The molecule has 0 spiro atoms. The van der Waals surface area contributed by atoms with Crippen LogP contribution in [-0.2, 0) is 11.3 Å². The zero-order valence-electron chi connectivity index (χ0n) is 15.1. The van der Waals surface area contributed by atoms with Crippen LogP contribution in [0.1, 0.15) is 5.56 Å². The first-order valence-electron chi connectivity index (χ1n) is 9.12. The number of hydrogen-bond acceptors (Lipinski definition) is 4. The van der Waals surface area contributed by atoms with Gasteiger partial charge in [-0.15, -0.1) is 0 Å². The Bertz CT molecular complexity index is 930. The van der Waals surface area contributed by atoms with E-state index in [-0.39, 0.29) is 5.56 Å². The molecule has 1 aliphatic heterocycles. The normalized spacial score (nSPS) is 14.1. The van der Waals surface area contributed by atoms with Gasteiger partial charge >= 0.3 is 0 Å². The predicted octanol–water partition coefficient (Wildman–Crippen LogP) is 3.25. The Hall–Kier alpha value is -3.05. The highest BCUT2D eigenvalue weighted by Gasteiger charge is 2.11. The van der Waals surface area contributed by atoms with Crippen LogP contribution >= 0.6 is 0 Å². The van der Waals surface area contributed by atoms with Gasteiger partial charge in [0, 0.05) is 36.7 Å². The molecule has 0 atom stereocenters. The molecule has 0 radical (unpaired) electrons. The molecular formula is C22H22N2O3. The first-order valence-corrected chi connectivity index (χ1v) is 9.12. The van der Waals surface area contributed by atoms with Crippen LogP contribution in [0.4, 0.5) is 5.69 Å². The van der Waals surface area contributed by atoms with Gasteiger partial charge in [-0.1, -0.05) is 30.3 Å². The summed E-state index contributed by atoms with van der Waals surface area (Å²) >= 11 is 0. The minimum absolute atomic E-state index is 0.111. The highest BCUT2D eigenvalue weighted by molar-refractivity contribution is 5.51. The summed E-state index contributed by atoms with van der Waals surface area (Å²) in [4.78, 5) is 14.8. The van der Waals surface area contributed by atoms with Crippen molar-refractivity contribution < 1.29 is 9.47 Å². The van der Waals surface area contributed by atoms with Gasteiger partial charge in [0.25, 0.3) is 5.56 Å². The second-order valence-electron chi connectivity index (χ2n) is 6.46. The summed E-state index contributed by atoms with van der Waals surface area (Å²) in [7, 11) is 0. The van der Waals surface area contributed by atoms with Crippen LogP contribution in [-0.4, -0.2) is 30.9 Å². The van der Waals surface area contributed by atoms with Crippen LogP contribution < -0.4 is 15.2 Å². The molecule has 138 valence electrons. The van der Waals surface area contributed by atoms with Crippen molar-refractivity contribution in [2.75, 3.05) is 31.2 Å². The van der Waals surface area contributed by atoms with Gasteiger partial charge < -0.3 is 14.4 Å². The van der Waals surface area contributed by atoms with E-state index in [1.807, 2.05) is 60.7 Å². The number of aromatic nitrogens is 1. The van der Waals surface area contributed by atoms with Gasteiger partial charge in [0.05, 0.1) is 13.2 Å². The molecule has 1 fully saturated rings. The summed E-state index contributed by atoms with van der Waals surface area (Å²) in [6.07, 6.45) is 1.76. The van der Waals surface area contributed by atoms with Gasteiger partial charge in [-0.2, -0.15) is 0 Å². The third-order valence-electron chi connectivity index (χ3n) is 4.64. The third kappa shape index (κ3) is 4.20. The lowest BCUT2D eigenvalue weighted by Crippen LogP contribution is -2.36. The van der Waals surface area contributed by atoms with E-state index in [1.54, 1.807) is 10.8 Å². The fourth-order valence-corrected chi connectivity index (χ4v) is 3.15. The fourth-order valence-electron chi connectivity index (χ4n) is 3.15. The summed E-state index contributed by atoms with van der Waals surface area (Å²) in [5.41, 5.74) is 2.95. The molecule has 0 saturated carbocycles. The Kier molecular flexibility index (Phi) is 5.21. The quantitative estimate of drug-likeness (QED) is 0.699. The number of ether oxygens (including phenoxy) is 2. The number of nitrogens with zero attached hydrogens (tertiary/aromatic N) is 2. The molecule has 0 N–H and O–H groups in total. The van der Waals surface area contributed by atoms with Crippen molar-refractivity contribution in [1.29, 1.82) is 0 Å². The van der Waals surface area contributed by atoms with Gasteiger partial charge in [-0.25, -0.2) is 0 Å². The zero-order valence-corrected chi connectivity index (χ0v) is 15.1. The van der Waals surface area contributed by atoms with Crippen LogP contribution in [0.3, 0.4) is 0 Å². The standard InChI is InChI=1S/C22H22N2O3/c25-22-16-21(27-17-18-4-2-1-3-5-18)10-11-24(22)20-8-6-19(7-9-20)23-12-14-26-15-13-23/h1-11,16H,12-15,17H2. The molecule has 2 heterocycles. The number of pyridine rings is 1. The largest absolute Gasteiger partial charge is 0.489 e. The first-order chi connectivity index (χ1) is 13.3. The summed E-state index contributed by atoms with van der Waals surface area (Å²) < 4.78 is 12.7. The van der Waals surface area contributed by atoms with Crippen molar-refractivity contribution in [2.24, 2.45) is 0 Å². The van der Waals surface area contributed by atoms with E-state index in [9.17, 15) is 4.79 Å². The molecule has 0 aliphatic carbocycles. The van der Waals surface area contributed by atoms with Gasteiger partial charge in [0.1, 0.15) is 12.4 Å². The van der Waals surface area contributed by atoms with Gasteiger partial charge in [0.15, 0.2) is 0 Å². The zero-order chi connectivity index (χ0) is 18.5. The molecule has 0 amide bonds. The third-order valence-corrected chi connectivity index (χ3v) is 4.64. The molecule has 1 saturated heterocycles. The SMILES string of the molecule is O=c1cc(OCc2ccccc2)ccn1-c1ccc(N2CCOCC2)cc1. The van der Waals surface area contributed by atoms with Crippen LogP contribution in [0.25, 0.3) is 5.69 Å². The average molecular weight is 362 g/mol. The maximum absolute atomic E-state index is 12.5. The van der Waals surface area contributed by atoms with Crippen LogP contribution in [0.15, 0.2) is 77.7 Å². The Balaban J connectivity index is 1.46. The van der Waals surface area contributed by atoms with Crippen molar-refractivity contribution in [1.82, 2.24) is 4.57 Å². The van der Waals surface area contributed by atoms with E-state index in [0.29, 0.717) is 12.4 Å². The molecule has 0 bridgehead atoms. The Morgan fingerprint density at radius 2 is 1.59 bits per heavy atom. The highest BCUT2D eigenvalue weighted by atomic mass is 16.5. The molecular weight excluding hydrogens is 340 g/mol. The van der Waals surface area contributed by atoms with Gasteiger partial charge in [-0.3, -0.25) is 9.36 Å². The second kappa shape index (κ2) is 8.10. The number of benzene rings is 2. The summed E-state index contributed by atoms with van der Waals surface area (Å²) in [6.45, 7) is 3.75. The van der Waals surface area contributed by atoms with Crippen molar-refractivity contribution in [2.45, 2.75) is 6.61 Å². The highest BCUT2D eigenvalue weighted by Crippen LogP contribution is 2.19. The minimum atomic E-state index is -0.111. The van der Waals surface area contributed by atoms with Crippen molar-refractivity contribution in [3.8, 4) is 11.4 Å². The smallest absolute Gasteiger partial charge is 0.258 e. The Morgan fingerprint density at radius 1 is 0.889 bits per heavy atom. The van der Waals surface area contributed by atoms with Crippen LogP contribution in [0.5, 0.6) is 5.75 Å². The lowest BCUT2D eigenvalue weighted by molar-refractivity contribution is 0.122. The summed E-state index contributed by atoms with van der Waals surface area (Å²) in [5.74, 6) is 0.574. The Morgan fingerprint density at radius 3 is 2.30 bits per heavy atom. The molecule has 4 rings (SSSR count). The monoisotopic (exact) mass is 362 g/mol. The van der Waals surface area contributed by atoms with Crippen LogP contribution in [0.2, 0.25) is 0 Å². The van der Waals surface area contributed by atoms with E-state index in [0.717, 1.165) is 43.2 Å². The number of anilines is 1. The molecule has 1 aliphatic rings. The lowest BCUT2D eigenvalue weighted by atomic mass is 10.2. The molecule has 3 aromatic rings. The lowest BCUT2D eigenvalue weighted by Gasteiger charge is -2.28. The molecule has 2 aromatic carbocycles. The summed E-state index contributed by atoms with van der Waals surface area (Å²) in [5, 5.41) is 0. The van der Waals surface area contributed by atoms with Crippen molar-refractivity contribution in [3.63, 3.8) is 0 Å². The summed E-state index contributed by atoms with van der Waals surface area (Å²) in [6, 6.07) is 21.3. The fraction of sp³-hybridized carbons (Fsp3) is 0.227. The average Bonchev–Trinajstić information content (AvgIpc) is 2.74. The molecule has 5 nitrogen and oxygen atoms in total. The van der Waals surface area contributed by atoms with Gasteiger partial charge in [0.2, 0.25) is 0 Å². The van der Waals surface area contributed by atoms with E-state index < -0.39 is 0 Å².